The highest BCUT2D eigenvalue weighted by Crippen LogP contribution is 2.32. The highest BCUT2D eigenvalue weighted by atomic mass is 19.4. The SMILES string of the molecule is O=C(CO)c1cc(-c2ccccc2)ccc1N1CCC(Oc2ccc(C(F)(F)F)cn2)C1. The van der Waals surface area contributed by atoms with Crippen LogP contribution < -0.4 is 9.64 Å². The monoisotopic (exact) mass is 442 g/mol. The molecule has 166 valence electrons. The molecule has 1 fully saturated rings. The summed E-state index contributed by atoms with van der Waals surface area (Å²) >= 11 is 0. The third-order valence-corrected chi connectivity index (χ3v) is 5.38. The Balaban J connectivity index is 1.51. The van der Waals surface area contributed by atoms with E-state index in [2.05, 4.69) is 4.98 Å². The van der Waals surface area contributed by atoms with Gasteiger partial charge in [-0.15, -0.1) is 0 Å². The molecule has 1 N–H and O–H groups in total. The van der Waals surface area contributed by atoms with Crippen molar-refractivity contribution in [2.45, 2.75) is 18.7 Å². The van der Waals surface area contributed by atoms with Crippen molar-refractivity contribution >= 4 is 11.5 Å². The molecule has 32 heavy (non-hydrogen) atoms. The van der Waals surface area contributed by atoms with Crippen molar-refractivity contribution < 1.29 is 27.8 Å². The van der Waals surface area contributed by atoms with Crippen LogP contribution in [0.1, 0.15) is 22.3 Å². The van der Waals surface area contributed by atoms with Crippen LogP contribution in [-0.2, 0) is 6.18 Å². The molecule has 1 aliphatic heterocycles. The van der Waals surface area contributed by atoms with Gasteiger partial charge in [0.15, 0.2) is 5.78 Å². The number of pyridine rings is 1. The van der Waals surface area contributed by atoms with Gasteiger partial charge in [0.1, 0.15) is 12.7 Å². The molecule has 8 heteroatoms. The number of hydrogen-bond donors (Lipinski definition) is 1. The van der Waals surface area contributed by atoms with Crippen molar-refractivity contribution in [3.05, 3.63) is 78.0 Å². The molecule has 0 saturated carbocycles. The number of benzene rings is 2. The molecule has 2 heterocycles. The van der Waals surface area contributed by atoms with E-state index in [1.807, 2.05) is 47.4 Å². The van der Waals surface area contributed by atoms with E-state index in [9.17, 15) is 23.1 Å². The van der Waals surface area contributed by atoms with Gasteiger partial charge in [0.25, 0.3) is 0 Å². The first-order valence-electron chi connectivity index (χ1n) is 10.1. The molecule has 4 rings (SSSR count). The number of ether oxygens (including phenoxy) is 1. The summed E-state index contributed by atoms with van der Waals surface area (Å²) in [6.07, 6.45) is -3.36. The summed E-state index contributed by atoms with van der Waals surface area (Å²) in [5.74, 6) is -0.262. The number of carbonyl (C=O) groups excluding carboxylic acids is 1. The van der Waals surface area contributed by atoms with E-state index in [0.717, 1.165) is 23.4 Å². The first-order valence-corrected chi connectivity index (χ1v) is 10.1. The van der Waals surface area contributed by atoms with Crippen LogP contribution in [0.3, 0.4) is 0 Å². The molecule has 1 atom stereocenters. The topological polar surface area (TPSA) is 62.7 Å². The Hall–Kier alpha value is -3.39. The quantitative estimate of drug-likeness (QED) is 0.566. The minimum Gasteiger partial charge on any atom is -0.472 e. The molecule has 1 aromatic heterocycles. The fraction of sp³-hybridized carbons (Fsp3) is 0.250. The van der Waals surface area contributed by atoms with Crippen LogP contribution in [0.2, 0.25) is 0 Å². The normalized spacial score (nSPS) is 16.2. The summed E-state index contributed by atoms with van der Waals surface area (Å²) in [6.45, 7) is 0.440. The molecular formula is C24H21F3N2O3. The first-order chi connectivity index (χ1) is 15.3. The Morgan fingerprint density at radius 2 is 1.88 bits per heavy atom. The Morgan fingerprint density at radius 3 is 2.53 bits per heavy atom. The lowest BCUT2D eigenvalue weighted by molar-refractivity contribution is -0.137. The number of aliphatic hydroxyl groups is 1. The van der Waals surface area contributed by atoms with E-state index in [1.165, 1.54) is 6.07 Å². The lowest BCUT2D eigenvalue weighted by Gasteiger charge is -2.22. The number of aromatic nitrogens is 1. The summed E-state index contributed by atoms with van der Waals surface area (Å²) in [4.78, 5) is 18.2. The fourth-order valence-electron chi connectivity index (χ4n) is 3.76. The van der Waals surface area contributed by atoms with E-state index in [4.69, 9.17) is 4.74 Å². The lowest BCUT2D eigenvalue weighted by atomic mass is 9.99. The second kappa shape index (κ2) is 9.00. The summed E-state index contributed by atoms with van der Waals surface area (Å²) in [5, 5.41) is 9.46. The number of hydrogen-bond acceptors (Lipinski definition) is 5. The number of Topliss-reactive ketones (excluding diaryl/α,β-unsaturated/α-hetero) is 1. The van der Waals surface area contributed by atoms with Gasteiger partial charge in [-0.25, -0.2) is 4.98 Å². The predicted octanol–water partition coefficient (Wildman–Crippen LogP) is 4.60. The second-order valence-electron chi connectivity index (χ2n) is 7.54. The maximum absolute atomic E-state index is 12.7. The minimum absolute atomic E-state index is 0.121. The molecule has 3 aromatic rings. The van der Waals surface area contributed by atoms with Crippen LogP contribution in [0, 0.1) is 0 Å². The molecule has 0 amide bonds. The van der Waals surface area contributed by atoms with E-state index >= 15 is 0 Å². The van der Waals surface area contributed by atoms with Crippen LogP contribution in [0.25, 0.3) is 11.1 Å². The van der Waals surface area contributed by atoms with E-state index in [1.54, 1.807) is 6.07 Å². The zero-order chi connectivity index (χ0) is 22.7. The van der Waals surface area contributed by atoms with Gasteiger partial charge in [-0.3, -0.25) is 4.79 Å². The van der Waals surface area contributed by atoms with Crippen molar-refractivity contribution in [2.75, 3.05) is 24.6 Å². The maximum Gasteiger partial charge on any atom is 0.417 e. The van der Waals surface area contributed by atoms with E-state index in [-0.39, 0.29) is 17.8 Å². The number of halogens is 3. The zero-order valence-corrected chi connectivity index (χ0v) is 17.0. The predicted molar refractivity (Wildman–Crippen MR) is 114 cm³/mol. The van der Waals surface area contributed by atoms with Crippen molar-refractivity contribution in [1.29, 1.82) is 0 Å². The van der Waals surface area contributed by atoms with E-state index < -0.39 is 18.3 Å². The third-order valence-electron chi connectivity index (χ3n) is 5.38. The maximum atomic E-state index is 12.7. The number of nitrogens with zero attached hydrogens (tertiary/aromatic N) is 2. The number of ketones is 1. The smallest absolute Gasteiger partial charge is 0.417 e. The third kappa shape index (κ3) is 4.75. The minimum atomic E-state index is -4.45. The molecular weight excluding hydrogens is 421 g/mol. The van der Waals surface area contributed by atoms with Crippen LogP contribution in [0.15, 0.2) is 66.9 Å². The molecule has 2 aromatic carbocycles. The molecule has 1 unspecified atom stereocenters. The average Bonchev–Trinajstić information content (AvgIpc) is 3.26. The van der Waals surface area contributed by atoms with Gasteiger partial charge in [-0.1, -0.05) is 36.4 Å². The molecule has 0 radical (unpaired) electrons. The van der Waals surface area contributed by atoms with Crippen molar-refractivity contribution in [3.63, 3.8) is 0 Å². The average molecular weight is 442 g/mol. The van der Waals surface area contributed by atoms with Crippen LogP contribution >= 0.6 is 0 Å². The van der Waals surface area contributed by atoms with Gasteiger partial charge in [0.05, 0.1) is 12.1 Å². The van der Waals surface area contributed by atoms with Gasteiger partial charge < -0.3 is 14.7 Å². The van der Waals surface area contributed by atoms with Crippen LogP contribution in [-0.4, -0.2) is 41.7 Å². The Bertz CT molecular complexity index is 1090. The lowest BCUT2D eigenvalue weighted by Crippen LogP contribution is -2.26. The molecule has 0 spiro atoms. The Kier molecular flexibility index (Phi) is 6.14. The highest BCUT2D eigenvalue weighted by Gasteiger charge is 2.31. The number of carbonyl (C=O) groups is 1. The number of anilines is 1. The fourth-order valence-corrected chi connectivity index (χ4v) is 3.76. The summed E-state index contributed by atoms with van der Waals surface area (Å²) in [6, 6.07) is 17.3. The summed E-state index contributed by atoms with van der Waals surface area (Å²) < 4.78 is 43.9. The van der Waals surface area contributed by atoms with Crippen molar-refractivity contribution in [2.24, 2.45) is 0 Å². The van der Waals surface area contributed by atoms with Gasteiger partial charge >= 0.3 is 6.18 Å². The van der Waals surface area contributed by atoms with Gasteiger partial charge in [0, 0.05) is 36.5 Å². The number of alkyl halides is 3. The largest absolute Gasteiger partial charge is 0.472 e. The van der Waals surface area contributed by atoms with Gasteiger partial charge in [-0.05, 0) is 29.3 Å². The van der Waals surface area contributed by atoms with E-state index in [0.29, 0.717) is 30.8 Å². The summed E-state index contributed by atoms with van der Waals surface area (Å²) in [7, 11) is 0. The molecule has 5 nitrogen and oxygen atoms in total. The summed E-state index contributed by atoms with van der Waals surface area (Å²) in [5.41, 5.74) is 2.11. The molecule has 0 aliphatic carbocycles. The van der Waals surface area contributed by atoms with Crippen molar-refractivity contribution in [1.82, 2.24) is 4.98 Å². The van der Waals surface area contributed by atoms with Crippen LogP contribution in [0.5, 0.6) is 5.88 Å². The second-order valence-corrected chi connectivity index (χ2v) is 7.54. The zero-order valence-electron chi connectivity index (χ0n) is 17.0. The Morgan fingerprint density at radius 1 is 1.09 bits per heavy atom. The number of aliphatic hydroxyl groups excluding tert-OH is 1. The molecule has 0 bridgehead atoms. The number of rotatable bonds is 6. The highest BCUT2D eigenvalue weighted by molar-refractivity contribution is 6.03. The van der Waals surface area contributed by atoms with Gasteiger partial charge in [0.2, 0.25) is 5.88 Å². The molecule has 1 aliphatic rings. The van der Waals surface area contributed by atoms with Crippen LogP contribution in [0.4, 0.5) is 18.9 Å². The first kappa shape index (κ1) is 21.8. The Labute approximate surface area is 183 Å². The standard InChI is InChI=1S/C24H21F3N2O3/c25-24(26,27)18-7-9-23(28-13-18)32-19-10-11-29(14-19)21-8-6-17(12-20(21)22(31)15-30)16-4-2-1-3-5-16/h1-9,12-13,19,30H,10-11,14-15H2. The van der Waals surface area contributed by atoms with Gasteiger partial charge in [-0.2, -0.15) is 13.2 Å². The molecule has 1 saturated heterocycles. The van der Waals surface area contributed by atoms with Crippen molar-refractivity contribution in [3.8, 4) is 17.0 Å².